The Bertz CT molecular complexity index is 586. The second-order valence-electron chi connectivity index (χ2n) is 4.74. The summed E-state index contributed by atoms with van der Waals surface area (Å²) < 4.78 is 5.73. The Balaban J connectivity index is 1.89. The third kappa shape index (κ3) is 3.58. The first-order valence-electron chi connectivity index (χ1n) is 6.52. The van der Waals surface area contributed by atoms with Gasteiger partial charge in [0.15, 0.2) is 0 Å². The number of benzene rings is 2. The maximum Gasteiger partial charge on any atom is 0.119 e. The van der Waals surface area contributed by atoms with Crippen LogP contribution in [0.25, 0.3) is 0 Å². The van der Waals surface area contributed by atoms with Crippen LogP contribution in [0.1, 0.15) is 5.56 Å². The van der Waals surface area contributed by atoms with E-state index in [-0.39, 0.29) is 0 Å². The molecule has 0 unspecified atom stereocenters. The molecule has 0 fully saturated rings. The van der Waals surface area contributed by atoms with E-state index in [1.165, 1.54) is 0 Å². The Labute approximate surface area is 124 Å². The van der Waals surface area contributed by atoms with Crippen LogP contribution < -0.4 is 15.4 Å². The van der Waals surface area contributed by atoms with Crippen LogP contribution in [0.15, 0.2) is 42.5 Å². The molecular formula is C16H19ClN2O. The summed E-state index contributed by atoms with van der Waals surface area (Å²) in [4.78, 5) is 2.08. The Morgan fingerprint density at radius 3 is 2.65 bits per heavy atom. The van der Waals surface area contributed by atoms with Gasteiger partial charge in [-0.2, -0.15) is 0 Å². The highest BCUT2D eigenvalue weighted by molar-refractivity contribution is 6.31. The standard InChI is InChI=1S/C16H19ClN2O/c1-12-11-13(7-8-14(12)17)20-10-9-19(2)16-6-4-3-5-15(16)18/h3-8,11H,9-10,18H2,1-2H3. The summed E-state index contributed by atoms with van der Waals surface area (Å²) in [6.07, 6.45) is 0. The average molecular weight is 291 g/mol. The molecule has 0 radical (unpaired) electrons. The van der Waals surface area contributed by atoms with E-state index in [4.69, 9.17) is 22.1 Å². The van der Waals surface area contributed by atoms with Crippen molar-refractivity contribution in [2.45, 2.75) is 6.92 Å². The molecule has 0 spiro atoms. The zero-order chi connectivity index (χ0) is 14.5. The monoisotopic (exact) mass is 290 g/mol. The Hall–Kier alpha value is -1.87. The predicted molar refractivity (Wildman–Crippen MR) is 85.8 cm³/mol. The van der Waals surface area contributed by atoms with Crippen LogP contribution in [0.2, 0.25) is 5.02 Å². The lowest BCUT2D eigenvalue weighted by Gasteiger charge is -2.21. The number of anilines is 2. The van der Waals surface area contributed by atoms with E-state index >= 15 is 0 Å². The molecule has 0 aromatic heterocycles. The van der Waals surface area contributed by atoms with Crippen molar-refractivity contribution in [3.63, 3.8) is 0 Å². The van der Waals surface area contributed by atoms with Crippen LogP contribution in [-0.4, -0.2) is 20.2 Å². The van der Waals surface area contributed by atoms with Gasteiger partial charge in [-0.05, 0) is 42.8 Å². The highest BCUT2D eigenvalue weighted by Gasteiger charge is 2.05. The van der Waals surface area contributed by atoms with Crippen molar-refractivity contribution >= 4 is 23.0 Å². The van der Waals surface area contributed by atoms with Gasteiger partial charge in [-0.15, -0.1) is 0 Å². The molecule has 2 aromatic rings. The molecule has 20 heavy (non-hydrogen) atoms. The van der Waals surface area contributed by atoms with E-state index in [9.17, 15) is 0 Å². The first-order chi connectivity index (χ1) is 9.58. The quantitative estimate of drug-likeness (QED) is 0.853. The third-order valence-electron chi connectivity index (χ3n) is 3.17. The van der Waals surface area contributed by atoms with Gasteiger partial charge in [-0.3, -0.25) is 0 Å². The van der Waals surface area contributed by atoms with Crippen LogP contribution in [0, 0.1) is 6.92 Å². The average Bonchev–Trinajstić information content (AvgIpc) is 2.43. The molecule has 0 aliphatic heterocycles. The summed E-state index contributed by atoms with van der Waals surface area (Å²) in [6.45, 7) is 3.31. The maximum absolute atomic E-state index is 5.98. The summed E-state index contributed by atoms with van der Waals surface area (Å²) in [5, 5.41) is 0.756. The molecule has 2 aromatic carbocycles. The van der Waals surface area contributed by atoms with Gasteiger partial charge in [0.1, 0.15) is 12.4 Å². The number of nitrogens with zero attached hydrogens (tertiary/aromatic N) is 1. The number of ether oxygens (including phenoxy) is 1. The molecule has 4 heteroatoms. The lowest BCUT2D eigenvalue weighted by Crippen LogP contribution is -2.24. The first kappa shape index (κ1) is 14.5. The zero-order valence-electron chi connectivity index (χ0n) is 11.8. The fourth-order valence-corrected chi connectivity index (χ4v) is 2.08. The van der Waals surface area contributed by atoms with Crippen LogP contribution in [0.3, 0.4) is 0 Å². The lowest BCUT2D eigenvalue weighted by atomic mass is 10.2. The fourth-order valence-electron chi connectivity index (χ4n) is 1.96. The van der Waals surface area contributed by atoms with Crippen molar-refractivity contribution in [3.05, 3.63) is 53.1 Å². The molecule has 0 aliphatic rings. The van der Waals surface area contributed by atoms with E-state index in [2.05, 4.69) is 4.90 Å². The summed E-state index contributed by atoms with van der Waals surface area (Å²) in [6, 6.07) is 13.5. The molecule has 0 atom stereocenters. The Morgan fingerprint density at radius 2 is 1.95 bits per heavy atom. The molecule has 2 N–H and O–H groups in total. The predicted octanol–water partition coefficient (Wildman–Crippen LogP) is 3.75. The van der Waals surface area contributed by atoms with Gasteiger partial charge >= 0.3 is 0 Å². The van der Waals surface area contributed by atoms with E-state index in [1.807, 2.05) is 56.4 Å². The number of halogens is 1. The molecule has 0 bridgehead atoms. The van der Waals surface area contributed by atoms with Crippen molar-refractivity contribution in [2.24, 2.45) is 0 Å². The number of para-hydroxylation sites is 2. The van der Waals surface area contributed by atoms with Crippen LogP contribution >= 0.6 is 11.6 Å². The normalized spacial score (nSPS) is 10.3. The van der Waals surface area contributed by atoms with Gasteiger partial charge in [-0.25, -0.2) is 0 Å². The molecule has 0 aliphatic carbocycles. The van der Waals surface area contributed by atoms with Crippen molar-refractivity contribution in [3.8, 4) is 5.75 Å². The summed E-state index contributed by atoms with van der Waals surface area (Å²) >= 11 is 5.98. The molecular weight excluding hydrogens is 272 g/mol. The SMILES string of the molecule is Cc1cc(OCCN(C)c2ccccc2N)ccc1Cl. The molecule has 0 heterocycles. The van der Waals surface area contributed by atoms with Gasteiger partial charge < -0.3 is 15.4 Å². The van der Waals surface area contributed by atoms with Crippen molar-refractivity contribution < 1.29 is 4.74 Å². The largest absolute Gasteiger partial charge is 0.492 e. The van der Waals surface area contributed by atoms with Gasteiger partial charge in [0.05, 0.1) is 17.9 Å². The van der Waals surface area contributed by atoms with E-state index in [1.54, 1.807) is 0 Å². The number of hydrogen-bond donors (Lipinski definition) is 1. The summed E-state index contributed by atoms with van der Waals surface area (Å²) in [5.74, 6) is 0.835. The van der Waals surface area contributed by atoms with Gasteiger partial charge in [0.2, 0.25) is 0 Å². The van der Waals surface area contributed by atoms with E-state index in [0.717, 1.165) is 34.3 Å². The van der Waals surface area contributed by atoms with Crippen molar-refractivity contribution in [2.75, 3.05) is 30.8 Å². The first-order valence-corrected chi connectivity index (χ1v) is 6.90. The minimum Gasteiger partial charge on any atom is -0.492 e. The van der Waals surface area contributed by atoms with Gasteiger partial charge in [0, 0.05) is 12.1 Å². The molecule has 3 nitrogen and oxygen atoms in total. The maximum atomic E-state index is 5.98. The van der Waals surface area contributed by atoms with Gasteiger partial charge in [-0.1, -0.05) is 23.7 Å². The summed E-state index contributed by atoms with van der Waals surface area (Å²) in [5.41, 5.74) is 8.75. The minimum atomic E-state index is 0.589. The van der Waals surface area contributed by atoms with E-state index in [0.29, 0.717) is 6.61 Å². The Morgan fingerprint density at radius 1 is 1.20 bits per heavy atom. The topological polar surface area (TPSA) is 38.5 Å². The van der Waals surface area contributed by atoms with E-state index < -0.39 is 0 Å². The number of hydrogen-bond acceptors (Lipinski definition) is 3. The van der Waals surface area contributed by atoms with Crippen molar-refractivity contribution in [1.29, 1.82) is 0 Å². The van der Waals surface area contributed by atoms with Gasteiger partial charge in [0.25, 0.3) is 0 Å². The molecule has 0 saturated carbocycles. The lowest BCUT2D eigenvalue weighted by molar-refractivity contribution is 0.326. The third-order valence-corrected chi connectivity index (χ3v) is 3.60. The highest BCUT2D eigenvalue weighted by Crippen LogP contribution is 2.22. The number of nitrogen functional groups attached to an aromatic ring is 1. The second-order valence-corrected chi connectivity index (χ2v) is 5.15. The van der Waals surface area contributed by atoms with Crippen molar-refractivity contribution in [1.82, 2.24) is 0 Å². The highest BCUT2D eigenvalue weighted by atomic mass is 35.5. The molecule has 0 amide bonds. The summed E-state index contributed by atoms with van der Waals surface area (Å²) in [7, 11) is 2.00. The molecule has 2 rings (SSSR count). The number of aryl methyl sites for hydroxylation is 1. The van der Waals surface area contributed by atoms with Crippen LogP contribution in [0.4, 0.5) is 11.4 Å². The van der Waals surface area contributed by atoms with Crippen LogP contribution in [0.5, 0.6) is 5.75 Å². The second kappa shape index (κ2) is 6.53. The molecule has 106 valence electrons. The number of likely N-dealkylation sites (N-methyl/N-ethyl adjacent to an activating group) is 1. The zero-order valence-corrected chi connectivity index (χ0v) is 12.5. The van der Waals surface area contributed by atoms with Crippen LogP contribution in [-0.2, 0) is 0 Å². The smallest absolute Gasteiger partial charge is 0.119 e. The Kier molecular flexibility index (Phi) is 4.74. The molecule has 0 saturated heterocycles. The fraction of sp³-hybridized carbons (Fsp3) is 0.250. The minimum absolute atomic E-state index is 0.589. The number of nitrogens with two attached hydrogens (primary N) is 1. The number of rotatable bonds is 5.